The number of carbonyl (C=O) groups excluding carboxylic acids is 4. The summed E-state index contributed by atoms with van der Waals surface area (Å²) in [6.45, 7) is 3.50. The van der Waals surface area contributed by atoms with E-state index in [0.717, 1.165) is 129 Å². The third-order valence-corrected chi connectivity index (χ3v) is 22.9. The number of aliphatic hydroxyl groups excluding tert-OH is 16. The number of rotatable bonds is 57. The maximum atomic E-state index is 14.4. The second-order valence-electron chi connectivity index (χ2n) is 32.3. The van der Waals surface area contributed by atoms with Crippen molar-refractivity contribution in [3.8, 4) is 0 Å². The number of aliphatic hydroxyl groups is 16. The highest BCUT2D eigenvalue weighted by atomic mass is 16.8. The lowest BCUT2D eigenvalue weighted by Crippen LogP contribution is -2.73. The highest BCUT2D eigenvalue weighted by Gasteiger charge is 2.61. The van der Waals surface area contributed by atoms with Gasteiger partial charge in [0.2, 0.25) is 23.5 Å². The van der Waals surface area contributed by atoms with E-state index in [0.29, 0.717) is 19.5 Å². The van der Waals surface area contributed by atoms with Gasteiger partial charge in [-0.05, 0) is 37.9 Å². The molecule has 0 aromatic heterocycles. The van der Waals surface area contributed by atoms with Crippen LogP contribution in [-0.4, -0.2) is 340 Å². The summed E-state index contributed by atoms with van der Waals surface area (Å²) in [5, 5.41) is 203. The minimum atomic E-state index is -3.51. The van der Waals surface area contributed by atoms with E-state index in [1.165, 1.54) is 57.8 Å². The van der Waals surface area contributed by atoms with Crippen LogP contribution in [0.25, 0.3) is 6.08 Å². The number of carboxylic acid groups (broad SMARTS) is 1. The summed E-state index contributed by atoms with van der Waals surface area (Å²) in [5.74, 6) is -8.12. The number of aliphatic carboxylic acids is 1. The van der Waals surface area contributed by atoms with Crippen molar-refractivity contribution in [3.63, 3.8) is 0 Å². The van der Waals surface area contributed by atoms with Crippen LogP contribution >= 0.6 is 0 Å². The molecule has 1 aromatic carbocycles. The summed E-state index contributed by atoms with van der Waals surface area (Å²) >= 11 is 0. The topological polar surface area (TPSA) is 583 Å². The first-order valence-corrected chi connectivity index (χ1v) is 43.3. The van der Waals surface area contributed by atoms with Gasteiger partial charge in [0.1, 0.15) is 122 Å². The molecule has 0 bridgehead atoms. The maximum absolute atomic E-state index is 14.4. The molecule has 5 fully saturated rings. The number of hydrogen-bond donors (Lipinski definition) is 20. The largest absolute Gasteiger partial charge is 0.544 e. The Morgan fingerprint density at radius 3 is 1.48 bits per heavy atom. The number of carboxylic acids is 1. The number of hydrogen-bond acceptors (Lipinski definition) is 32. The first-order chi connectivity index (χ1) is 56.7. The van der Waals surface area contributed by atoms with Crippen molar-refractivity contribution in [3.05, 3.63) is 42.0 Å². The number of quaternary nitrogens is 1. The molecule has 5 aliphatic rings. The van der Waals surface area contributed by atoms with Gasteiger partial charge < -0.3 is 161 Å². The standard InChI is InChI=1S/C83H144N4O31.H3N/c1-6-9-12-15-18-19-20-21-22-23-24-25-26-27-33-38-61(97)86-53(64(98)54(40-39-52-36-31-30-32-37-52)87(41-34-28-16-13-10-7-2)42-35-29-17-14-11-8-3)49-109-79-71(105)69(103)73(59(47-91)112-79)114-81-72(106)77(118-83(82(107)108)43-55(95)62(84-50(4)93)76(117-83)65(99)56(96)44-88)74(60(48-92)113-81)115-78-63(85-51(5)94)75(67(101)58(46-90)110-78)116-80-70(104)68(102)66(100)57(45-89)111-80;/h30-32,36-37,39-40,53-60,62-81,88-92,95-96,98-106H,6-29,33-35,38,41-49H2,1-5H3,(H,84,93)(H,85,94)(H,86,97)(H,107,108);1H3/b40-39+;/t53-,54?,55-,56+,57+,58+,59+,60+,62?,63+,64-,65+,66-,67-,68-,69+,70+,71+,72+,73+,74-,75+,76?,77+,78-,79+,80-,81-,83-;/m0./s1. The Bertz CT molecular complexity index is 2950. The van der Waals surface area contributed by atoms with Gasteiger partial charge in [0.15, 0.2) is 25.2 Å². The molecule has 0 spiro atoms. The van der Waals surface area contributed by atoms with Crippen molar-refractivity contribution in [1.82, 2.24) is 27.0 Å². The Kier molecular flexibility index (Phi) is 49.5. The quantitative estimate of drug-likeness (QED) is 0.0377. The smallest absolute Gasteiger partial charge is 0.220 e. The molecule has 690 valence electrons. The average Bonchev–Trinajstić information content (AvgIpc) is 0.712. The number of benzene rings is 1. The number of ether oxygens (including phenoxy) is 10. The van der Waals surface area contributed by atoms with Gasteiger partial charge in [-0.2, -0.15) is 0 Å². The summed E-state index contributed by atoms with van der Waals surface area (Å²) in [7, 11) is 0. The van der Waals surface area contributed by atoms with Crippen molar-refractivity contribution in [2.45, 2.75) is 398 Å². The van der Waals surface area contributed by atoms with Crippen molar-refractivity contribution < 1.29 is 153 Å². The zero-order valence-electron chi connectivity index (χ0n) is 70.6. The fraction of sp³-hybridized carbons (Fsp3) is 0.855. The number of carbonyl (C=O) groups is 4. The van der Waals surface area contributed by atoms with Crippen LogP contribution < -0.4 is 27.2 Å². The molecular weight excluding hydrogens is 1560 g/mol. The second-order valence-corrected chi connectivity index (χ2v) is 32.3. The summed E-state index contributed by atoms with van der Waals surface area (Å²) in [6, 6.07) is 3.84. The Morgan fingerprint density at radius 2 is 0.966 bits per heavy atom. The molecule has 3 unspecified atom stereocenters. The molecule has 0 radical (unpaired) electrons. The zero-order valence-corrected chi connectivity index (χ0v) is 70.6. The molecule has 5 saturated heterocycles. The lowest BCUT2D eigenvalue weighted by atomic mass is 9.88. The molecule has 36 nitrogen and oxygen atoms in total. The summed E-state index contributed by atoms with van der Waals surface area (Å²) < 4.78 is 60.9. The Balaban J connectivity index is 0.0000252. The van der Waals surface area contributed by atoms with Crippen LogP contribution in [0.1, 0.15) is 226 Å². The third kappa shape index (κ3) is 32.3. The molecule has 1 aromatic rings. The van der Waals surface area contributed by atoms with E-state index in [1.807, 2.05) is 42.5 Å². The van der Waals surface area contributed by atoms with Crippen molar-refractivity contribution in [1.29, 1.82) is 0 Å². The molecule has 0 saturated carbocycles. The SMILES string of the molecule is CCCCCCCCCCCCCCCCCC(=O)N[C@@H](CO[C@@H]1O[C@H](CO)[C@@H](O[C@@H]2O[C@H](CO)[C@H](O[C@@H]3O[C@H](CO)[C@H](O)[C@H](O[C@@H]4O[C@H](CO)[C@H](O)[C@H](O)[C@H]4O)[C@H]3NC(C)=O)[C@H](O[C@]3(C(=O)[O-])C[C@H](O)C(NC(C)=O)C([C@H](O)[C@H](O)CO)O3)[C@H]2O)[C@H](O)[C@H]1O)[C@H](O)C(/C=C/c1ccccc1)N(CCCCCCCC)CCCCCCCC.[NH4+]. The normalized spacial score (nSPS) is 32.5. The van der Waals surface area contributed by atoms with E-state index >= 15 is 0 Å². The highest BCUT2D eigenvalue weighted by molar-refractivity contribution is 5.76. The first kappa shape index (κ1) is 105. The van der Waals surface area contributed by atoms with E-state index in [4.69, 9.17) is 47.4 Å². The summed E-state index contributed by atoms with van der Waals surface area (Å²) in [6.07, 6.45) is -18.6. The van der Waals surface area contributed by atoms with Crippen LogP contribution in [0, 0.1) is 0 Å². The van der Waals surface area contributed by atoms with Gasteiger partial charge in [-0.3, -0.25) is 19.3 Å². The number of amides is 3. The molecule has 119 heavy (non-hydrogen) atoms. The molecule has 5 aliphatic heterocycles. The van der Waals surface area contributed by atoms with Gasteiger partial charge in [-0.1, -0.05) is 217 Å². The molecular formula is C83H147N5O31. The fourth-order valence-electron chi connectivity index (χ4n) is 16.1. The highest BCUT2D eigenvalue weighted by Crippen LogP contribution is 2.41. The molecule has 29 atom stereocenters. The Hall–Kier alpha value is -4.28. The van der Waals surface area contributed by atoms with Crippen molar-refractivity contribution in [2.24, 2.45) is 0 Å². The van der Waals surface area contributed by atoms with E-state index < -0.39 is 241 Å². The Labute approximate surface area is 700 Å². The van der Waals surface area contributed by atoms with Crippen molar-refractivity contribution in [2.75, 3.05) is 52.7 Å². The first-order valence-electron chi connectivity index (χ1n) is 43.3. The van der Waals surface area contributed by atoms with E-state index in [2.05, 4.69) is 41.6 Å². The lowest BCUT2D eigenvalue weighted by Gasteiger charge is -2.54. The predicted molar refractivity (Wildman–Crippen MR) is 429 cm³/mol. The summed E-state index contributed by atoms with van der Waals surface area (Å²) in [5.41, 5.74) is 0.851. The lowest BCUT2D eigenvalue weighted by molar-refractivity contribution is -0.421. The molecule has 5 heterocycles. The number of nitrogens with one attached hydrogen (secondary N) is 3. The maximum Gasteiger partial charge on any atom is 0.220 e. The number of unbranched alkanes of at least 4 members (excludes halogenated alkanes) is 24. The average molecular weight is 1710 g/mol. The monoisotopic (exact) mass is 1710 g/mol. The minimum absolute atomic E-state index is 0. The van der Waals surface area contributed by atoms with Crippen LogP contribution in [0.15, 0.2) is 36.4 Å². The van der Waals surface area contributed by atoms with Crippen molar-refractivity contribution >= 4 is 29.8 Å². The predicted octanol–water partition coefficient (Wildman–Crippen LogP) is -0.153. The Morgan fingerprint density at radius 1 is 0.521 bits per heavy atom. The van der Waals surface area contributed by atoms with Crippen LogP contribution in [-0.2, 0) is 66.5 Å². The fourth-order valence-corrected chi connectivity index (χ4v) is 16.1. The van der Waals surface area contributed by atoms with Gasteiger partial charge in [0.25, 0.3) is 0 Å². The van der Waals surface area contributed by atoms with Crippen LogP contribution in [0.2, 0.25) is 0 Å². The minimum Gasteiger partial charge on any atom is -0.544 e. The molecule has 3 amide bonds. The molecule has 0 aliphatic carbocycles. The third-order valence-electron chi connectivity index (χ3n) is 22.9. The van der Waals surface area contributed by atoms with E-state index in [-0.39, 0.29) is 18.5 Å². The van der Waals surface area contributed by atoms with Crippen LogP contribution in [0.3, 0.4) is 0 Å². The van der Waals surface area contributed by atoms with Gasteiger partial charge in [0, 0.05) is 26.7 Å². The van der Waals surface area contributed by atoms with Gasteiger partial charge in [-0.15, -0.1) is 0 Å². The van der Waals surface area contributed by atoms with Gasteiger partial charge in [0.05, 0.1) is 70.0 Å². The van der Waals surface area contributed by atoms with Crippen LogP contribution in [0.5, 0.6) is 0 Å². The van der Waals surface area contributed by atoms with E-state index in [9.17, 15) is 106 Å². The second kappa shape index (κ2) is 55.9. The van der Waals surface area contributed by atoms with Crippen LogP contribution in [0.4, 0.5) is 0 Å². The van der Waals surface area contributed by atoms with Gasteiger partial charge in [-0.25, -0.2) is 0 Å². The molecule has 23 N–H and O–H groups in total. The number of nitrogens with zero attached hydrogens (tertiary/aromatic N) is 1. The summed E-state index contributed by atoms with van der Waals surface area (Å²) in [4.78, 5) is 56.2. The van der Waals surface area contributed by atoms with Gasteiger partial charge >= 0.3 is 0 Å². The van der Waals surface area contributed by atoms with E-state index in [1.54, 1.807) is 0 Å². The molecule has 6 rings (SSSR count). The zero-order chi connectivity index (χ0) is 86.4. The molecule has 36 heteroatoms.